The number of alkyl halides is 3. The molecule has 1 atom stereocenters. The zero-order valence-corrected chi connectivity index (χ0v) is 23.9. The predicted octanol–water partition coefficient (Wildman–Crippen LogP) is 5.94. The van der Waals surface area contributed by atoms with Gasteiger partial charge in [-0.25, -0.2) is 9.78 Å². The number of nitrogens with zero attached hydrogens (tertiary/aromatic N) is 3. The minimum atomic E-state index is -5.08. The van der Waals surface area contributed by atoms with Crippen LogP contribution in [0.15, 0.2) is 48.7 Å². The fourth-order valence-electron chi connectivity index (χ4n) is 4.85. The molecule has 1 fully saturated rings. The SMILES string of the molecule is CC(=O)N1CCC[C@@H](CC(=O)Nc2ccc3cc2CCc2cccc(c2)Nc2ncc(Cl)c(n2)N3)C1.O=C(O)C(F)(F)F. The topological polar surface area (TPSA) is 137 Å². The number of fused-ring (bicyclic) bond motifs is 6. The average Bonchev–Trinajstić information content (AvgIpc) is 2.95. The van der Waals surface area contributed by atoms with Crippen molar-refractivity contribution in [2.75, 3.05) is 29.0 Å². The first-order chi connectivity index (χ1) is 20.4. The molecule has 5 rings (SSSR count). The Labute approximate surface area is 250 Å². The van der Waals surface area contributed by atoms with Gasteiger partial charge in [-0.1, -0.05) is 23.7 Å². The summed E-state index contributed by atoms with van der Waals surface area (Å²) >= 11 is 6.36. The van der Waals surface area contributed by atoms with Gasteiger partial charge < -0.3 is 26.0 Å². The quantitative estimate of drug-likeness (QED) is 0.283. The van der Waals surface area contributed by atoms with E-state index in [0.717, 1.165) is 60.4 Å². The highest BCUT2D eigenvalue weighted by Crippen LogP contribution is 2.30. The number of carboxylic acid groups (broad SMARTS) is 1. The maximum atomic E-state index is 13.0. The van der Waals surface area contributed by atoms with E-state index in [4.69, 9.17) is 21.5 Å². The first-order valence-electron chi connectivity index (χ1n) is 13.5. The number of halogens is 4. The Morgan fingerprint density at radius 3 is 2.58 bits per heavy atom. The summed E-state index contributed by atoms with van der Waals surface area (Å²) in [7, 11) is 0. The monoisotopic (exact) mass is 618 g/mol. The van der Waals surface area contributed by atoms with Crippen LogP contribution in [0.4, 0.5) is 42.0 Å². The fraction of sp³-hybridized carbons (Fsp3) is 0.345. The second kappa shape index (κ2) is 13.7. The van der Waals surface area contributed by atoms with Gasteiger partial charge in [-0.15, -0.1) is 0 Å². The van der Waals surface area contributed by atoms with Gasteiger partial charge in [0.25, 0.3) is 0 Å². The molecule has 3 heterocycles. The number of benzene rings is 2. The molecule has 43 heavy (non-hydrogen) atoms. The molecule has 4 N–H and O–H groups in total. The van der Waals surface area contributed by atoms with Crippen LogP contribution >= 0.6 is 11.6 Å². The van der Waals surface area contributed by atoms with E-state index in [-0.39, 0.29) is 17.7 Å². The normalized spacial score (nSPS) is 16.0. The molecule has 2 amide bonds. The van der Waals surface area contributed by atoms with Crippen LogP contribution in [0.1, 0.15) is 37.3 Å². The summed E-state index contributed by atoms with van der Waals surface area (Å²) in [6.07, 6.45) is 0.320. The number of likely N-dealkylation sites (tertiary alicyclic amines) is 1. The minimum absolute atomic E-state index is 0.0278. The molecular formula is C29H30ClF3N6O4. The van der Waals surface area contributed by atoms with E-state index in [1.807, 2.05) is 35.2 Å². The van der Waals surface area contributed by atoms with Crippen molar-refractivity contribution >= 4 is 58.2 Å². The van der Waals surface area contributed by atoms with Crippen molar-refractivity contribution in [2.24, 2.45) is 5.92 Å². The highest BCUT2D eigenvalue weighted by molar-refractivity contribution is 6.32. The van der Waals surface area contributed by atoms with E-state index in [2.05, 4.69) is 38.1 Å². The van der Waals surface area contributed by atoms with E-state index in [1.54, 1.807) is 13.1 Å². The van der Waals surface area contributed by atoms with Gasteiger partial charge in [0, 0.05) is 43.5 Å². The van der Waals surface area contributed by atoms with Crippen LogP contribution in [0.25, 0.3) is 0 Å². The molecule has 228 valence electrons. The maximum absolute atomic E-state index is 13.0. The Hall–Kier alpha value is -4.39. The predicted molar refractivity (Wildman–Crippen MR) is 156 cm³/mol. The molecule has 0 unspecified atom stereocenters. The number of carboxylic acids is 1. The smallest absolute Gasteiger partial charge is 0.475 e. The van der Waals surface area contributed by atoms with E-state index in [0.29, 0.717) is 29.8 Å². The van der Waals surface area contributed by atoms with E-state index < -0.39 is 12.1 Å². The second-order valence-electron chi connectivity index (χ2n) is 10.2. The standard InChI is InChI=1S/C27H29ClN6O2.C2HF3O2/c1-17(35)34-11-3-5-19(16-34)13-25(36)32-24-10-9-22-14-20(24)8-7-18-4-2-6-21(12-18)31-27-29-15-23(28)26(30-22)33-27;3-2(4,5)1(6)7/h2,4,6,9-10,12,14-15,19H,3,5,7-8,11,13,16H2,1H3,(H,32,36)(H2,29,30,31,33);(H,6,7)/t19-;/m0./s1. The van der Waals surface area contributed by atoms with Crippen LogP contribution in [0.5, 0.6) is 0 Å². The molecule has 1 saturated heterocycles. The molecule has 10 nitrogen and oxygen atoms in total. The number of aromatic nitrogens is 2. The van der Waals surface area contributed by atoms with Gasteiger partial charge in [0.1, 0.15) is 5.02 Å². The summed E-state index contributed by atoms with van der Waals surface area (Å²) in [5.41, 5.74) is 4.70. The lowest BCUT2D eigenvalue weighted by Crippen LogP contribution is -2.39. The van der Waals surface area contributed by atoms with Crippen molar-refractivity contribution in [3.63, 3.8) is 0 Å². The molecule has 6 bridgehead atoms. The molecule has 0 spiro atoms. The minimum Gasteiger partial charge on any atom is -0.475 e. The Morgan fingerprint density at radius 2 is 1.86 bits per heavy atom. The summed E-state index contributed by atoms with van der Waals surface area (Å²) < 4.78 is 31.7. The van der Waals surface area contributed by atoms with Gasteiger partial charge in [0.05, 0.1) is 6.20 Å². The third kappa shape index (κ3) is 9.05. The number of amides is 2. The Bertz CT molecular complexity index is 1500. The number of carbonyl (C=O) groups excluding carboxylic acids is 2. The summed E-state index contributed by atoms with van der Waals surface area (Å²) in [4.78, 5) is 44.3. The number of aliphatic carboxylic acids is 1. The van der Waals surface area contributed by atoms with Crippen molar-refractivity contribution < 1.29 is 32.7 Å². The third-order valence-electron chi connectivity index (χ3n) is 6.93. The molecule has 0 radical (unpaired) electrons. The average molecular weight is 619 g/mol. The summed E-state index contributed by atoms with van der Waals surface area (Å²) in [5, 5.41) is 17.2. The Kier molecular flexibility index (Phi) is 10.1. The lowest BCUT2D eigenvalue weighted by Gasteiger charge is -2.31. The molecule has 1 aromatic heterocycles. The third-order valence-corrected chi connectivity index (χ3v) is 7.21. The van der Waals surface area contributed by atoms with Gasteiger partial charge in [-0.05, 0) is 73.1 Å². The summed E-state index contributed by atoms with van der Waals surface area (Å²) in [6, 6.07) is 14.0. The van der Waals surface area contributed by atoms with Gasteiger partial charge in [-0.3, -0.25) is 9.59 Å². The fourth-order valence-corrected chi connectivity index (χ4v) is 4.98. The lowest BCUT2D eigenvalue weighted by atomic mass is 9.94. The summed E-state index contributed by atoms with van der Waals surface area (Å²) in [5.74, 6) is -1.58. The van der Waals surface area contributed by atoms with Crippen LogP contribution in [-0.2, 0) is 27.2 Å². The number of anilines is 5. The van der Waals surface area contributed by atoms with Crippen molar-refractivity contribution in [3.8, 4) is 0 Å². The van der Waals surface area contributed by atoms with Crippen molar-refractivity contribution in [1.82, 2.24) is 14.9 Å². The lowest BCUT2D eigenvalue weighted by molar-refractivity contribution is -0.192. The number of hydrogen-bond donors (Lipinski definition) is 4. The molecule has 3 aromatic rings. The largest absolute Gasteiger partial charge is 0.490 e. The van der Waals surface area contributed by atoms with Crippen molar-refractivity contribution in [2.45, 2.75) is 45.2 Å². The number of hydrogen-bond acceptors (Lipinski definition) is 7. The van der Waals surface area contributed by atoms with E-state index in [9.17, 15) is 22.8 Å². The molecule has 2 aliphatic rings. The van der Waals surface area contributed by atoms with E-state index in [1.165, 1.54) is 0 Å². The van der Waals surface area contributed by atoms with Crippen molar-refractivity contribution in [3.05, 3.63) is 64.8 Å². The molecule has 14 heteroatoms. The zero-order chi connectivity index (χ0) is 31.1. The number of carbonyl (C=O) groups is 3. The Balaban J connectivity index is 0.000000541. The van der Waals surface area contributed by atoms with Crippen LogP contribution in [0.2, 0.25) is 5.02 Å². The van der Waals surface area contributed by atoms with Gasteiger partial charge in [0.2, 0.25) is 17.8 Å². The van der Waals surface area contributed by atoms with Gasteiger partial charge >= 0.3 is 12.1 Å². The van der Waals surface area contributed by atoms with Gasteiger partial charge in [-0.2, -0.15) is 18.2 Å². The first kappa shape index (κ1) is 31.5. The summed E-state index contributed by atoms with van der Waals surface area (Å²) in [6.45, 7) is 3.01. The molecular weight excluding hydrogens is 589 g/mol. The highest BCUT2D eigenvalue weighted by atomic mass is 35.5. The zero-order valence-electron chi connectivity index (χ0n) is 23.2. The highest BCUT2D eigenvalue weighted by Gasteiger charge is 2.38. The number of nitrogens with one attached hydrogen (secondary N) is 3. The maximum Gasteiger partial charge on any atom is 0.490 e. The molecule has 2 aliphatic heterocycles. The van der Waals surface area contributed by atoms with Crippen molar-refractivity contribution in [1.29, 1.82) is 0 Å². The van der Waals surface area contributed by atoms with Gasteiger partial charge in [0.15, 0.2) is 5.82 Å². The van der Waals surface area contributed by atoms with E-state index >= 15 is 0 Å². The van der Waals surface area contributed by atoms with Crippen LogP contribution in [0.3, 0.4) is 0 Å². The number of aryl methyl sites for hydroxylation is 2. The van der Waals surface area contributed by atoms with Crippen LogP contribution < -0.4 is 16.0 Å². The molecule has 2 aromatic carbocycles. The van der Waals surface area contributed by atoms with Crippen LogP contribution in [-0.4, -0.2) is 57.0 Å². The number of piperidine rings is 1. The molecule has 0 saturated carbocycles. The van der Waals surface area contributed by atoms with Crippen LogP contribution in [0, 0.1) is 5.92 Å². The first-order valence-corrected chi connectivity index (χ1v) is 13.9. The second-order valence-corrected chi connectivity index (χ2v) is 10.6. The number of rotatable bonds is 3. The molecule has 0 aliphatic carbocycles. The Morgan fingerprint density at radius 1 is 1.12 bits per heavy atom.